The quantitative estimate of drug-likeness (QED) is 0.871. The van der Waals surface area contributed by atoms with Crippen molar-refractivity contribution in [1.29, 1.82) is 0 Å². The van der Waals surface area contributed by atoms with Crippen molar-refractivity contribution in [2.75, 3.05) is 0 Å². The van der Waals surface area contributed by atoms with E-state index in [1.54, 1.807) is 6.20 Å². The Labute approximate surface area is 96.5 Å². The first-order valence-corrected chi connectivity index (χ1v) is 5.93. The van der Waals surface area contributed by atoms with Gasteiger partial charge in [-0.15, -0.1) is 16.4 Å². The van der Waals surface area contributed by atoms with E-state index in [2.05, 4.69) is 31.4 Å². The normalized spacial score (nSPS) is 20.0. The van der Waals surface area contributed by atoms with Crippen LogP contribution in [0.15, 0.2) is 11.3 Å². The molecule has 1 aliphatic rings. The maximum absolute atomic E-state index is 12.2. The van der Waals surface area contributed by atoms with Crippen molar-refractivity contribution in [1.82, 2.24) is 10.4 Å². The molecule has 0 saturated heterocycles. The Bertz CT molecular complexity index is 384. The number of rotatable bonds is 3. The van der Waals surface area contributed by atoms with Crippen LogP contribution in [0, 0.1) is 0 Å². The van der Waals surface area contributed by atoms with Crippen LogP contribution in [0.1, 0.15) is 16.1 Å². The SMILES string of the molecule is FC(F)C1=NNC(c2ncc(CBr)s2)O1. The summed E-state index contributed by atoms with van der Waals surface area (Å²) in [4.78, 5) is 5.05. The molecule has 8 heteroatoms. The summed E-state index contributed by atoms with van der Waals surface area (Å²) in [5, 5.41) is 4.64. The summed E-state index contributed by atoms with van der Waals surface area (Å²) < 4.78 is 29.2. The van der Waals surface area contributed by atoms with Crippen LogP contribution < -0.4 is 5.43 Å². The van der Waals surface area contributed by atoms with Gasteiger partial charge in [0.25, 0.3) is 5.90 Å². The van der Waals surface area contributed by atoms with Gasteiger partial charge in [0.1, 0.15) is 0 Å². The molecule has 2 rings (SSSR count). The molecule has 4 nitrogen and oxygen atoms in total. The lowest BCUT2D eigenvalue weighted by atomic mass is 10.6. The maximum Gasteiger partial charge on any atom is 0.314 e. The molecule has 1 aromatic rings. The number of halogens is 3. The van der Waals surface area contributed by atoms with Crippen LogP contribution in [0.3, 0.4) is 0 Å². The van der Waals surface area contributed by atoms with E-state index in [4.69, 9.17) is 4.74 Å². The molecule has 0 amide bonds. The Kier molecular flexibility index (Phi) is 3.15. The molecule has 0 spiro atoms. The summed E-state index contributed by atoms with van der Waals surface area (Å²) in [6, 6.07) is 0. The zero-order valence-electron chi connectivity index (χ0n) is 7.28. The summed E-state index contributed by atoms with van der Waals surface area (Å²) in [7, 11) is 0. The molecule has 15 heavy (non-hydrogen) atoms. The summed E-state index contributed by atoms with van der Waals surface area (Å²) >= 11 is 4.66. The minimum absolute atomic E-state index is 0.587. The first-order chi connectivity index (χ1) is 7.20. The van der Waals surface area contributed by atoms with Crippen molar-refractivity contribution in [3.05, 3.63) is 16.1 Å². The lowest BCUT2D eigenvalue weighted by Crippen LogP contribution is -2.14. The highest BCUT2D eigenvalue weighted by atomic mass is 79.9. The highest BCUT2D eigenvalue weighted by Crippen LogP contribution is 2.26. The Morgan fingerprint density at radius 3 is 3.00 bits per heavy atom. The van der Waals surface area contributed by atoms with Gasteiger partial charge in [-0.05, 0) is 0 Å². The first-order valence-electron chi connectivity index (χ1n) is 3.99. The minimum Gasteiger partial charge on any atom is -0.443 e. The summed E-state index contributed by atoms with van der Waals surface area (Å²) in [6.45, 7) is 0. The third-order valence-electron chi connectivity index (χ3n) is 1.64. The van der Waals surface area contributed by atoms with Gasteiger partial charge in [-0.25, -0.2) is 4.98 Å². The third-order valence-corrected chi connectivity index (χ3v) is 3.66. The number of hydrazone groups is 1. The average Bonchev–Trinajstić information content (AvgIpc) is 2.86. The van der Waals surface area contributed by atoms with E-state index in [9.17, 15) is 8.78 Å². The summed E-state index contributed by atoms with van der Waals surface area (Å²) in [5.74, 6) is -0.587. The van der Waals surface area contributed by atoms with Gasteiger partial charge >= 0.3 is 6.43 Å². The fourth-order valence-electron chi connectivity index (χ4n) is 1.01. The molecule has 2 heterocycles. The van der Waals surface area contributed by atoms with Gasteiger partial charge in [0, 0.05) is 16.4 Å². The van der Waals surface area contributed by atoms with Crippen LogP contribution in [0.4, 0.5) is 8.78 Å². The Balaban J connectivity index is 2.03. The molecule has 0 aromatic carbocycles. The number of alkyl halides is 3. The van der Waals surface area contributed by atoms with E-state index in [1.807, 2.05) is 0 Å². The molecule has 1 aliphatic heterocycles. The number of thiazole rings is 1. The Morgan fingerprint density at radius 1 is 1.67 bits per heavy atom. The minimum atomic E-state index is -2.70. The molecule has 0 radical (unpaired) electrons. The molecule has 1 unspecified atom stereocenters. The molecular weight excluding hydrogens is 292 g/mol. The van der Waals surface area contributed by atoms with E-state index >= 15 is 0 Å². The van der Waals surface area contributed by atoms with Crippen molar-refractivity contribution in [3.8, 4) is 0 Å². The Hall–Kier alpha value is -0.760. The first kappa shape index (κ1) is 10.7. The van der Waals surface area contributed by atoms with E-state index < -0.39 is 18.6 Å². The maximum atomic E-state index is 12.2. The molecule has 1 N–H and O–H groups in total. The van der Waals surface area contributed by atoms with Crippen LogP contribution in [0.5, 0.6) is 0 Å². The van der Waals surface area contributed by atoms with Crippen molar-refractivity contribution in [2.24, 2.45) is 5.10 Å². The van der Waals surface area contributed by atoms with Gasteiger partial charge in [0.15, 0.2) is 5.01 Å². The second-order valence-electron chi connectivity index (χ2n) is 2.68. The number of nitrogens with zero attached hydrogens (tertiary/aromatic N) is 2. The monoisotopic (exact) mass is 297 g/mol. The number of hydrogen-bond donors (Lipinski definition) is 1. The lowest BCUT2D eigenvalue weighted by Gasteiger charge is -2.06. The molecule has 0 bridgehead atoms. The Morgan fingerprint density at radius 2 is 2.47 bits per heavy atom. The zero-order chi connectivity index (χ0) is 10.8. The largest absolute Gasteiger partial charge is 0.443 e. The molecule has 1 aromatic heterocycles. The molecule has 0 aliphatic carbocycles. The van der Waals surface area contributed by atoms with Crippen LogP contribution in [-0.4, -0.2) is 17.3 Å². The van der Waals surface area contributed by atoms with Gasteiger partial charge in [-0.2, -0.15) is 8.78 Å². The van der Waals surface area contributed by atoms with Crippen molar-refractivity contribution >= 4 is 33.2 Å². The number of hydrogen-bond acceptors (Lipinski definition) is 5. The van der Waals surface area contributed by atoms with E-state index in [0.29, 0.717) is 10.3 Å². The van der Waals surface area contributed by atoms with Gasteiger partial charge in [-0.3, -0.25) is 5.43 Å². The molecule has 0 fully saturated rings. The van der Waals surface area contributed by atoms with Crippen LogP contribution in [0.2, 0.25) is 0 Å². The van der Waals surface area contributed by atoms with Crippen molar-refractivity contribution in [3.63, 3.8) is 0 Å². The second kappa shape index (κ2) is 4.40. The second-order valence-corrected chi connectivity index (χ2v) is 4.38. The smallest absolute Gasteiger partial charge is 0.314 e. The molecule has 1 atom stereocenters. The van der Waals surface area contributed by atoms with Crippen molar-refractivity contribution < 1.29 is 13.5 Å². The third kappa shape index (κ3) is 2.25. The number of ether oxygens (including phenoxy) is 1. The predicted octanol–water partition coefficient (Wildman–Crippen LogP) is 2.24. The highest BCUT2D eigenvalue weighted by molar-refractivity contribution is 9.08. The van der Waals surface area contributed by atoms with Gasteiger partial charge in [0.2, 0.25) is 6.23 Å². The number of aromatic nitrogens is 1. The molecule has 82 valence electrons. The average molecular weight is 298 g/mol. The van der Waals surface area contributed by atoms with Crippen molar-refractivity contribution in [2.45, 2.75) is 18.0 Å². The van der Waals surface area contributed by atoms with E-state index in [1.165, 1.54) is 11.3 Å². The zero-order valence-corrected chi connectivity index (χ0v) is 9.69. The topological polar surface area (TPSA) is 46.5 Å². The van der Waals surface area contributed by atoms with Gasteiger partial charge in [-0.1, -0.05) is 15.9 Å². The van der Waals surface area contributed by atoms with E-state index in [0.717, 1.165) is 4.88 Å². The number of nitrogens with one attached hydrogen (secondary N) is 1. The molecule has 0 saturated carbocycles. The summed E-state index contributed by atoms with van der Waals surface area (Å²) in [5.41, 5.74) is 2.46. The predicted molar refractivity (Wildman–Crippen MR) is 55.1 cm³/mol. The van der Waals surface area contributed by atoms with Gasteiger partial charge < -0.3 is 4.74 Å². The highest BCUT2D eigenvalue weighted by Gasteiger charge is 2.29. The fourth-order valence-corrected chi connectivity index (χ4v) is 2.24. The lowest BCUT2D eigenvalue weighted by molar-refractivity contribution is 0.134. The van der Waals surface area contributed by atoms with E-state index in [-0.39, 0.29) is 0 Å². The summed E-state index contributed by atoms with van der Waals surface area (Å²) in [6.07, 6.45) is -1.72. The van der Waals surface area contributed by atoms with Gasteiger partial charge in [0.05, 0.1) is 0 Å². The van der Waals surface area contributed by atoms with Crippen LogP contribution in [-0.2, 0) is 10.1 Å². The van der Waals surface area contributed by atoms with Crippen LogP contribution >= 0.6 is 27.3 Å². The van der Waals surface area contributed by atoms with Crippen LogP contribution in [0.25, 0.3) is 0 Å². The molecular formula is C7H6BrF2N3OS. The standard InChI is InChI=1S/C7H6BrF2N3OS/c8-1-3-2-11-7(15-3)6-13-12-5(14-6)4(9)10/h2,4,6,13H,1H2. The fraction of sp³-hybridized carbons (Fsp3) is 0.429.